The fraction of sp³-hybridized carbons (Fsp3) is 0.364. The van der Waals surface area contributed by atoms with Crippen LogP contribution >= 0.6 is 15.9 Å². The summed E-state index contributed by atoms with van der Waals surface area (Å²) in [6.07, 6.45) is 0. The summed E-state index contributed by atoms with van der Waals surface area (Å²) in [5.74, 6) is 0.0522. The smallest absolute Gasteiger partial charge is 0.296 e. The number of nitrogens with zero attached hydrogens (tertiary/aromatic N) is 1. The number of hydrogen-bond acceptors (Lipinski definition) is 4. The van der Waals surface area contributed by atoms with E-state index in [0.717, 1.165) is 0 Å². The van der Waals surface area contributed by atoms with Crippen LogP contribution in [0.2, 0.25) is 0 Å². The van der Waals surface area contributed by atoms with Crippen LogP contribution in [-0.2, 0) is 4.79 Å². The molecule has 7 heteroatoms. The first-order valence-corrected chi connectivity index (χ1v) is 6.23. The minimum atomic E-state index is -0.559. The zero-order chi connectivity index (χ0) is 13.7. The van der Waals surface area contributed by atoms with Crippen molar-refractivity contribution in [2.24, 2.45) is 0 Å². The number of alkyl halides is 1. The molecule has 0 saturated carbocycles. The summed E-state index contributed by atoms with van der Waals surface area (Å²) in [7, 11) is 0. The van der Waals surface area contributed by atoms with Gasteiger partial charge in [0.1, 0.15) is 11.4 Å². The van der Waals surface area contributed by atoms with Gasteiger partial charge < -0.3 is 10.1 Å². The van der Waals surface area contributed by atoms with Crippen molar-refractivity contribution in [3.8, 4) is 5.75 Å². The molecule has 0 radical (unpaired) electrons. The third kappa shape index (κ3) is 3.69. The van der Waals surface area contributed by atoms with E-state index >= 15 is 0 Å². The largest absolute Gasteiger partial charge is 0.494 e. The molecule has 1 atom stereocenters. The van der Waals surface area contributed by atoms with Gasteiger partial charge in [0.2, 0.25) is 5.91 Å². The van der Waals surface area contributed by atoms with Crippen LogP contribution in [0.5, 0.6) is 5.75 Å². The minimum Gasteiger partial charge on any atom is -0.494 e. The highest BCUT2D eigenvalue weighted by Crippen LogP contribution is 2.29. The number of nitro benzene ring substituents is 1. The Morgan fingerprint density at radius 3 is 2.78 bits per heavy atom. The number of carbonyl (C=O) groups excluding carboxylic acids is 1. The van der Waals surface area contributed by atoms with Crippen LogP contribution in [0.4, 0.5) is 11.4 Å². The summed E-state index contributed by atoms with van der Waals surface area (Å²) in [6, 6.07) is 4.32. The number of rotatable bonds is 5. The fourth-order valence-electron chi connectivity index (χ4n) is 1.26. The van der Waals surface area contributed by atoms with Crippen LogP contribution in [0.15, 0.2) is 18.2 Å². The van der Waals surface area contributed by atoms with E-state index in [1.165, 1.54) is 12.1 Å². The zero-order valence-corrected chi connectivity index (χ0v) is 11.6. The molecule has 18 heavy (non-hydrogen) atoms. The van der Waals surface area contributed by atoms with Crippen LogP contribution in [-0.4, -0.2) is 22.3 Å². The standard InChI is InChI=1S/C11H13BrN2O4/c1-3-18-8-4-5-9(10(6-8)14(16)17)13-11(15)7(2)12/h4-7H,3H2,1-2H3,(H,13,15). The maximum absolute atomic E-state index is 11.5. The highest BCUT2D eigenvalue weighted by Gasteiger charge is 2.18. The number of hydrogen-bond donors (Lipinski definition) is 1. The molecule has 1 N–H and O–H groups in total. The van der Waals surface area contributed by atoms with Gasteiger partial charge in [0.25, 0.3) is 5.69 Å². The lowest BCUT2D eigenvalue weighted by Gasteiger charge is -2.09. The Morgan fingerprint density at radius 1 is 1.61 bits per heavy atom. The number of anilines is 1. The van der Waals surface area contributed by atoms with Gasteiger partial charge in [-0.2, -0.15) is 0 Å². The molecule has 1 amide bonds. The van der Waals surface area contributed by atoms with Crippen molar-refractivity contribution in [3.05, 3.63) is 28.3 Å². The fourth-order valence-corrected chi connectivity index (χ4v) is 1.37. The van der Waals surface area contributed by atoms with Gasteiger partial charge >= 0.3 is 0 Å². The van der Waals surface area contributed by atoms with Gasteiger partial charge in [-0.05, 0) is 26.0 Å². The maximum Gasteiger partial charge on any atom is 0.296 e. The van der Waals surface area contributed by atoms with E-state index in [0.29, 0.717) is 12.4 Å². The molecule has 0 aliphatic carbocycles. The molecule has 1 aromatic rings. The van der Waals surface area contributed by atoms with Gasteiger partial charge in [0.05, 0.1) is 22.4 Å². The first-order chi connectivity index (χ1) is 8.45. The van der Waals surface area contributed by atoms with Crippen molar-refractivity contribution in [2.45, 2.75) is 18.7 Å². The Balaban J connectivity index is 3.04. The Bertz CT molecular complexity index is 462. The molecule has 0 aliphatic heterocycles. The molecule has 1 rings (SSSR count). The summed E-state index contributed by atoms with van der Waals surface area (Å²) in [5, 5.41) is 13.4. The monoisotopic (exact) mass is 316 g/mol. The summed E-state index contributed by atoms with van der Waals surface area (Å²) < 4.78 is 5.18. The zero-order valence-electron chi connectivity index (χ0n) is 9.97. The van der Waals surface area contributed by atoms with Crippen molar-refractivity contribution in [1.82, 2.24) is 0 Å². The van der Waals surface area contributed by atoms with E-state index in [1.807, 2.05) is 0 Å². The SMILES string of the molecule is CCOc1ccc(NC(=O)C(C)Br)c([N+](=O)[O-])c1. The summed E-state index contributed by atoms with van der Waals surface area (Å²) in [4.78, 5) is 21.4. The average Bonchev–Trinajstić information content (AvgIpc) is 2.30. The lowest BCUT2D eigenvalue weighted by atomic mass is 10.2. The summed E-state index contributed by atoms with van der Waals surface area (Å²) in [5.41, 5.74) is -0.0396. The predicted octanol–water partition coefficient (Wildman–Crippen LogP) is 2.72. The molecule has 0 aromatic heterocycles. The van der Waals surface area contributed by atoms with E-state index in [2.05, 4.69) is 21.2 Å². The third-order valence-electron chi connectivity index (χ3n) is 2.10. The van der Waals surface area contributed by atoms with E-state index in [1.54, 1.807) is 19.9 Å². The molecule has 1 unspecified atom stereocenters. The van der Waals surface area contributed by atoms with E-state index in [4.69, 9.17) is 4.74 Å². The molecule has 0 bridgehead atoms. The molecule has 0 aliphatic rings. The number of carbonyl (C=O) groups is 1. The third-order valence-corrected chi connectivity index (χ3v) is 2.51. The topological polar surface area (TPSA) is 81.5 Å². The van der Waals surface area contributed by atoms with Crippen molar-refractivity contribution >= 4 is 33.2 Å². The van der Waals surface area contributed by atoms with E-state index in [-0.39, 0.29) is 17.3 Å². The van der Waals surface area contributed by atoms with Gasteiger partial charge in [0.15, 0.2) is 0 Å². The minimum absolute atomic E-state index is 0.153. The van der Waals surface area contributed by atoms with Crippen LogP contribution < -0.4 is 10.1 Å². The van der Waals surface area contributed by atoms with E-state index in [9.17, 15) is 14.9 Å². The molecule has 1 aromatic carbocycles. The first-order valence-electron chi connectivity index (χ1n) is 5.32. The lowest BCUT2D eigenvalue weighted by molar-refractivity contribution is -0.384. The molecule has 98 valence electrons. The highest BCUT2D eigenvalue weighted by atomic mass is 79.9. The van der Waals surface area contributed by atoms with Crippen molar-refractivity contribution in [2.75, 3.05) is 11.9 Å². The Morgan fingerprint density at radius 2 is 2.28 bits per heavy atom. The molecular formula is C11H13BrN2O4. The van der Waals surface area contributed by atoms with Gasteiger partial charge in [-0.25, -0.2) is 0 Å². The molecule has 0 spiro atoms. The molecule has 0 fully saturated rings. The second-order valence-electron chi connectivity index (χ2n) is 3.47. The Hall–Kier alpha value is -1.63. The number of benzene rings is 1. The predicted molar refractivity (Wildman–Crippen MR) is 71.3 cm³/mol. The van der Waals surface area contributed by atoms with Gasteiger partial charge in [-0.3, -0.25) is 14.9 Å². The number of nitrogens with one attached hydrogen (secondary N) is 1. The van der Waals surface area contributed by atoms with Crippen LogP contribution in [0, 0.1) is 10.1 Å². The molecule has 0 saturated heterocycles. The second-order valence-corrected chi connectivity index (χ2v) is 4.85. The number of ether oxygens (including phenoxy) is 1. The van der Waals surface area contributed by atoms with Crippen LogP contribution in [0.1, 0.15) is 13.8 Å². The first kappa shape index (κ1) is 14.4. The number of halogens is 1. The van der Waals surface area contributed by atoms with Crippen LogP contribution in [0.3, 0.4) is 0 Å². The van der Waals surface area contributed by atoms with Crippen molar-refractivity contribution < 1.29 is 14.5 Å². The summed E-state index contributed by atoms with van der Waals surface area (Å²) >= 11 is 3.09. The van der Waals surface area contributed by atoms with Gasteiger partial charge in [-0.15, -0.1) is 0 Å². The highest BCUT2D eigenvalue weighted by molar-refractivity contribution is 9.10. The molecular weight excluding hydrogens is 304 g/mol. The lowest BCUT2D eigenvalue weighted by Crippen LogP contribution is -2.20. The average molecular weight is 317 g/mol. The van der Waals surface area contributed by atoms with Crippen LogP contribution in [0.25, 0.3) is 0 Å². The molecule has 0 heterocycles. The Labute approximate surface area is 113 Å². The van der Waals surface area contributed by atoms with Crippen molar-refractivity contribution in [1.29, 1.82) is 0 Å². The maximum atomic E-state index is 11.5. The number of amides is 1. The quantitative estimate of drug-likeness (QED) is 0.514. The molecule has 6 nitrogen and oxygen atoms in total. The van der Waals surface area contributed by atoms with Gasteiger partial charge in [-0.1, -0.05) is 15.9 Å². The second kappa shape index (κ2) is 6.34. The number of nitro groups is 1. The Kier molecular flexibility index (Phi) is 5.08. The van der Waals surface area contributed by atoms with E-state index < -0.39 is 9.75 Å². The van der Waals surface area contributed by atoms with Gasteiger partial charge in [0, 0.05) is 0 Å². The van der Waals surface area contributed by atoms with Crippen molar-refractivity contribution in [3.63, 3.8) is 0 Å². The normalized spacial score (nSPS) is 11.7. The summed E-state index contributed by atoms with van der Waals surface area (Å²) in [6.45, 7) is 3.84.